The lowest BCUT2D eigenvalue weighted by Gasteiger charge is -2.51. The van der Waals surface area contributed by atoms with E-state index in [1.54, 1.807) is 0 Å². The Hall–Kier alpha value is -3.07. The molecule has 9 nitrogen and oxygen atoms in total. The van der Waals surface area contributed by atoms with Crippen molar-refractivity contribution in [2.75, 3.05) is 31.6 Å². The minimum atomic E-state index is -0.134. The minimum Gasteiger partial charge on any atom is -0.450 e. The summed E-state index contributed by atoms with van der Waals surface area (Å²) < 4.78 is 10.6. The lowest BCUT2D eigenvalue weighted by molar-refractivity contribution is 0.0223. The molecule has 5 heterocycles. The van der Waals surface area contributed by atoms with Crippen LogP contribution in [0.15, 0.2) is 28.8 Å². The first-order chi connectivity index (χ1) is 18.4. The lowest BCUT2D eigenvalue weighted by atomic mass is 9.68. The van der Waals surface area contributed by atoms with E-state index >= 15 is 0 Å². The van der Waals surface area contributed by atoms with Crippen LogP contribution in [0, 0.1) is 13.8 Å². The van der Waals surface area contributed by atoms with Gasteiger partial charge in [0.25, 0.3) is 0 Å². The molecule has 0 aliphatic carbocycles. The van der Waals surface area contributed by atoms with Crippen LogP contribution in [-0.4, -0.2) is 76.3 Å². The highest BCUT2D eigenvalue weighted by Gasteiger charge is 2.48. The topological polar surface area (TPSA) is 91.2 Å². The number of carbonyl (C=O) groups is 2. The predicted octanol–water partition coefficient (Wildman–Crippen LogP) is 5.07. The first-order valence-corrected chi connectivity index (χ1v) is 14.1. The Morgan fingerprint density at radius 2 is 1.84 bits per heavy atom. The van der Waals surface area contributed by atoms with Crippen LogP contribution in [0.4, 0.5) is 15.3 Å². The van der Waals surface area contributed by atoms with Gasteiger partial charge in [0.2, 0.25) is 0 Å². The Labute approximate surface area is 225 Å². The molecule has 3 fully saturated rings. The van der Waals surface area contributed by atoms with Crippen LogP contribution in [0.1, 0.15) is 69.5 Å². The second-order valence-corrected chi connectivity index (χ2v) is 11.6. The second-order valence-electron chi connectivity index (χ2n) is 11.6. The Kier molecular flexibility index (Phi) is 6.58. The fraction of sp³-hybridized carbons (Fsp3) is 0.621. The van der Waals surface area contributed by atoms with Crippen LogP contribution in [0.3, 0.4) is 0 Å². The minimum absolute atomic E-state index is 0. The third kappa shape index (κ3) is 4.34. The number of hydrogen-bond acceptors (Lipinski definition) is 6. The van der Waals surface area contributed by atoms with Gasteiger partial charge in [0, 0.05) is 38.1 Å². The maximum absolute atomic E-state index is 13.4. The number of fused-ring (bicyclic) bond motifs is 4. The Bertz CT molecular complexity index is 1180. The fourth-order valence-electron chi connectivity index (χ4n) is 7.57. The number of nitrogens with zero attached hydrogens (tertiary/aromatic N) is 4. The number of urea groups is 1. The molecule has 206 valence electrons. The molecular formula is C29H41N5O4. The number of nitrogens with one attached hydrogen (secondary N) is 1. The molecule has 4 aliphatic rings. The molecule has 4 aliphatic heterocycles. The Morgan fingerprint density at radius 1 is 1.13 bits per heavy atom. The SMILES string of the molecule is CCOC(=O)N1C2CCC1CC(N1CCC3(CC1)CN(C(=O)Nc1c(C)noc1C)Cc1ccccc13)C2.[HH]. The van der Waals surface area contributed by atoms with Crippen molar-refractivity contribution in [3.05, 3.63) is 46.8 Å². The lowest BCUT2D eigenvalue weighted by Crippen LogP contribution is -2.58. The van der Waals surface area contributed by atoms with Crippen molar-refractivity contribution < 1.29 is 20.3 Å². The Morgan fingerprint density at radius 3 is 2.50 bits per heavy atom. The van der Waals surface area contributed by atoms with E-state index in [0.29, 0.717) is 55.0 Å². The second kappa shape index (κ2) is 9.91. The molecule has 38 heavy (non-hydrogen) atoms. The number of aromatic nitrogens is 1. The van der Waals surface area contributed by atoms with Gasteiger partial charge in [-0.2, -0.15) is 0 Å². The average molecular weight is 524 g/mol. The zero-order valence-electron chi connectivity index (χ0n) is 22.7. The van der Waals surface area contributed by atoms with E-state index in [4.69, 9.17) is 9.26 Å². The molecule has 1 N–H and O–H groups in total. The van der Waals surface area contributed by atoms with Gasteiger partial charge in [-0.15, -0.1) is 0 Å². The van der Waals surface area contributed by atoms with Crippen LogP contribution in [0.5, 0.6) is 0 Å². The van der Waals surface area contributed by atoms with Crippen LogP contribution in [0.25, 0.3) is 0 Å². The number of benzene rings is 1. The summed E-state index contributed by atoms with van der Waals surface area (Å²) in [6, 6.07) is 9.65. The summed E-state index contributed by atoms with van der Waals surface area (Å²) in [6.07, 6.45) is 6.14. The van der Waals surface area contributed by atoms with Crippen molar-refractivity contribution in [2.45, 2.75) is 89.4 Å². The largest absolute Gasteiger partial charge is 0.450 e. The smallest absolute Gasteiger partial charge is 0.410 e. The molecule has 6 rings (SSSR count). The summed E-state index contributed by atoms with van der Waals surface area (Å²) in [5, 5.41) is 7.04. The van der Waals surface area contributed by atoms with Gasteiger partial charge < -0.3 is 29.3 Å². The molecule has 3 amide bonds. The molecule has 2 aromatic rings. The van der Waals surface area contributed by atoms with Crippen molar-refractivity contribution in [1.82, 2.24) is 19.9 Å². The van der Waals surface area contributed by atoms with Crippen molar-refractivity contribution in [3.8, 4) is 0 Å². The fourth-order valence-corrected chi connectivity index (χ4v) is 7.57. The van der Waals surface area contributed by atoms with Gasteiger partial charge in [0.15, 0.2) is 5.76 Å². The van der Waals surface area contributed by atoms with Gasteiger partial charge in [-0.3, -0.25) is 0 Å². The van der Waals surface area contributed by atoms with Gasteiger partial charge in [-0.05, 0) is 83.5 Å². The first-order valence-electron chi connectivity index (χ1n) is 14.1. The van der Waals surface area contributed by atoms with Crippen molar-refractivity contribution in [3.63, 3.8) is 0 Å². The zero-order valence-corrected chi connectivity index (χ0v) is 22.7. The van der Waals surface area contributed by atoms with Crippen molar-refractivity contribution >= 4 is 17.8 Å². The number of likely N-dealkylation sites (tertiary alicyclic amines) is 1. The summed E-state index contributed by atoms with van der Waals surface area (Å²) in [5.74, 6) is 0.624. The number of piperidine rings is 2. The van der Waals surface area contributed by atoms with E-state index in [2.05, 4.69) is 39.6 Å². The molecule has 1 aromatic carbocycles. The number of aryl methyl sites for hydroxylation is 2. The number of anilines is 1. The summed E-state index contributed by atoms with van der Waals surface area (Å²) >= 11 is 0. The third-order valence-electron chi connectivity index (χ3n) is 9.45. The number of hydrogen-bond donors (Lipinski definition) is 1. The highest BCUT2D eigenvalue weighted by atomic mass is 16.6. The van der Waals surface area contributed by atoms with E-state index in [0.717, 1.165) is 51.6 Å². The van der Waals surface area contributed by atoms with E-state index < -0.39 is 0 Å². The molecule has 0 radical (unpaired) electrons. The van der Waals surface area contributed by atoms with Gasteiger partial charge in [0.1, 0.15) is 11.4 Å². The van der Waals surface area contributed by atoms with Crippen LogP contribution in [0.2, 0.25) is 0 Å². The van der Waals surface area contributed by atoms with Gasteiger partial charge in [-0.1, -0.05) is 29.4 Å². The van der Waals surface area contributed by atoms with E-state index in [1.165, 1.54) is 11.1 Å². The number of rotatable bonds is 3. The highest BCUT2D eigenvalue weighted by molar-refractivity contribution is 5.90. The van der Waals surface area contributed by atoms with Crippen LogP contribution < -0.4 is 5.32 Å². The predicted molar refractivity (Wildman–Crippen MR) is 145 cm³/mol. The molecule has 2 atom stereocenters. The van der Waals surface area contributed by atoms with Crippen molar-refractivity contribution in [1.29, 1.82) is 0 Å². The number of carbonyl (C=O) groups excluding carboxylic acids is 2. The van der Waals surface area contributed by atoms with E-state index in [1.807, 2.05) is 30.6 Å². The van der Waals surface area contributed by atoms with Crippen molar-refractivity contribution in [2.24, 2.45) is 0 Å². The average Bonchev–Trinajstić information content (AvgIpc) is 3.38. The molecule has 1 aromatic heterocycles. The highest BCUT2D eigenvalue weighted by Crippen LogP contribution is 2.44. The zero-order chi connectivity index (χ0) is 26.4. The van der Waals surface area contributed by atoms with Gasteiger partial charge >= 0.3 is 12.1 Å². The standard InChI is InChI=1S/C29H39N5O4.H2/c1-4-37-28(36)34-22-9-10-23(34)16-24(15-22)32-13-11-29(12-14-32)18-33(17-21-7-5-6-8-25(21)29)27(35)30-26-19(2)31-38-20(26)3;/h5-8,22-24H,4,9-18H2,1-3H3,(H,30,35);1H. The Balaban J connectivity index is 0.00000308. The van der Waals surface area contributed by atoms with Crippen LogP contribution in [-0.2, 0) is 16.7 Å². The number of amides is 3. The third-order valence-corrected chi connectivity index (χ3v) is 9.45. The van der Waals surface area contributed by atoms with Crippen LogP contribution >= 0.6 is 0 Å². The molecule has 9 heteroatoms. The summed E-state index contributed by atoms with van der Waals surface area (Å²) in [4.78, 5) is 32.6. The normalized spacial score (nSPS) is 26.3. The molecular weight excluding hydrogens is 482 g/mol. The maximum atomic E-state index is 13.4. The molecule has 3 saturated heterocycles. The van der Waals surface area contributed by atoms with E-state index in [-0.39, 0.29) is 19.0 Å². The van der Waals surface area contributed by atoms with Gasteiger partial charge in [-0.25, -0.2) is 9.59 Å². The number of ether oxygens (including phenoxy) is 1. The molecule has 2 bridgehead atoms. The van der Waals surface area contributed by atoms with Gasteiger partial charge in [0.05, 0.1) is 6.61 Å². The monoisotopic (exact) mass is 523 g/mol. The molecule has 1 spiro atoms. The summed E-state index contributed by atoms with van der Waals surface area (Å²) in [7, 11) is 0. The first kappa shape index (κ1) is 25.2. The summed E-state index contributed by atoms with van der Waals surface area (Å²) in [6.45, 7) is 9.31. The quantitative estimate of drug-likeness (QED) is 0.604. The van der Waals surface area contributed by atoms with E-state index in [9.17, 15) is 9.59 Å². The molecule has 2 unspecified atom stereocenters. The summed E-state index contributed by atoms with van der Waals surface area (Å²) in [5.41, 5.74) is 3.95. The maximum Gasteiger partial charge on any atom is 0.410 e. The molecule has 0 saturated carbocycles.